The smallest absolute Gasteiger partial charge is 0.248 e. The van der Waals surface area contributed by atoms with Crippen LogP contribution < -0.4 is 10.3 Å². The van der Waals surface area contributed by atoms with Gasteiger partial charge in [0.15, 0.2) is 0 Å². The summed E-state index contributed by atoms with van der Waals surface area (Å²) in [7, 11) is 0. The number of nitrogens with zero attached hydrogens (tertiary/aromatic N) is 1. The first-order chi connectivity index (χ1) is 13.2. The van der Waals surface area contributed by atoms with E-state index in [2.05, 4.69) is 22.0 Å². The van der Waals surface area contributed by atoms with Gasteiger partial charge in [0.2, 0.25) is 5.56 Å². The van der Waals surface area contributed by atoms with E-state index in [-0.39, 0.29) is 11.7 Å². The van der Waals surface area contributed by atoms with Crippen molar-refractivity contribution in [1.82, 2.24) is 9.88 Å². The van der Waals surface area contributed by atoms with Gasteiger partial charge in [-0.2, -0.15) is 0 Å². The minimum Gasteiger partial charge on any atom is -0.488 e. The molecule has 140 valence electrons. The van der Waals surface area contributed by atoms with E-state index in [1.165, 1.54) is 18.4 Å². The Morgan fingerprint density at radius 1 is 1.04 bits per heavy atom. The summed E-state index contributed by atoms with van der Waals surface area (Å²) in [5.41, 5.74) is 2.11. The summed E-state index contributed by atoms with van der Waals surface area (Å²) in [6.07, 6.45) is 3.73. The van der Waals surface area contributed by atoms with Gasteiger partial charge in [-0.25, -0.2) is 0 Å². The van der Waals surface area contributed by atoms with Gasteiger partial charge in [-0.3, -0.25) is 9.69 Å². The summed E-state index contributed by atoms with van der Waals surface area (Å²) in [6.45, 7) is 3.07. The van der Waals surface area contributed by atoms with E-state index in [1.807, 2.05) is 36.4 Å². The molecule has 0 amide bonds. The fraction of sp³-hybridized carbons (Fsp3) is 0.318. The Hall–Kier alpha value is -2.30. The van der Waals surface area contributed by atoms with Crippen LogP contribution in [0.1, 0.15) is 18.4 Å². The maximum atomic E-state index is 11.3. The molecule has 0 atom stereocenters. The number of nitrogens with one attached hydrogen (secondary N) is 1. The van der Waals surface area contributed by atoms with Gasteiger partial charge in [0.1, 0.15) is 11.9 Å². The Kier molecular flexibility index (Phi) is 5.46. The standard InChI is InChI=1S/C22H23ClN2O2/c23-18-7-4-16(5-8-18)3-1-2-12-25-14-20(15-25)27-19-9-10-21-17(13-19)6-11-22(26)24-21/h4-11,13,20H,1-3,12,14-15H2,(H,24,26). The quantitative estimate of drug-likeness (QED) is 0.621. The molecule has 0 spiro atoms. The molecule has 0 aliphatic carbocycles. The zero-order valence-corrected chi connectivity index (χ0v) is 15.9. The highest BCUT2D eigenvalue weighted by Gasteiger charge is 2.27. The third kappa shape index (κ3) is 4.71. The summed E-state index contributed by atoms with van der Waals surface area (Å²) in [6, 6.07) is 17.3. The van der Waals surface area contributed by atoms with Crippen molar-refractivity contribution in [2.75, 3.05) is 19.6 Å². The molecule has 0 saturated carbocycles. The number of ether oxygens (including phenoxy) is 1. The normalized spacial score (nSPS) is 15.0. The predicted molar refractivity (Wildman–Crippen MR) is 110 cm³/mol. The second-order valence-electron chi connectivity index (χ2n) is 7.15. The van der Waals surface area contributed by atoms with Crippen molar-refractivity contribution in [3.05, 3.63) is 75.5 Å². The van der Waals surface area contributed by atoms with Gasteiger partial charge in [-0.1, -0.05) is 23.7 Å². The fourth-order valence-electron chi connectivity index (χ4n) is 3.49. The van der Waals surface area contributed by atoms with E-state index in [4.69, 9.17) is 16.3 Å². The van der Waals surface area contributed by atoms with Crippen LogP contribution in [0.3, 0.4) is 0 Å². The minimum absolute atomic E-state index is 0.0816. The van der Waals surface area contributed by atoms with Crippen LogP contribution in [0.15, 0.2) is 59.4 Å². The third-order valence-electron chi connectivity index (χ3n) is 5.02. The molecule has 0 bridgehead atoms. The molecule has 1 aromatic heterocycles. The summed E-state index contributed by atoms with van der Waals surface area (Å²) < 4.78 is 6.06. The van der Waals surface area contributed by atoms with Crippen LogP contribution in [-0.2, 0) is 6.42 Å². The van der Waals surface area contributed by atoms with E-state index in [0.717, 1.165) is 47.7 Å². The highest BCUT2D eigenvalue weighted by atomic mass is 35.5. The second kappa shape index (κ2) is 8.15. The zero-order chi connectivity index (χ0) is 18.6. The highest BCUT2D eigenvalue weighted by molar-refractivity contribution is 6.30. The molecular weight excluding hydrogens is 360 g/mol. The Labute approximate surface area is 163 Å². The molecule has 2 aromatic carbocycles. The van der Waals surface area contributed by atoms with Gasteiger partial charge in [-0.15, -0.1) is 0 Å². The highest BCUT2D eigenvalue weighted by Crippen LogP contribution is 2.22. The van der Waals surface area contributed by atoms with Gasteiger partial charge >= 0.3 is 0 Å². The van der Waals surface area contributed by atoms with Crippen molar-refractivity contribution in [1.29, 1.82) is 0 Å². The third-order valence-corrected chi connectivity index (χ3v) is 5.28. The molecule has 1 aliphatic rings. The lowest BCUT2D eigenvalue weighted by atomic mass is 10.1. The number of likely N-dealkylation sites (tertiary alicyclic amines) is 1. The molecule has 4 rings (SSSR count). The van der Waals surface area contributed by atoms with Crippen molar-refractivity contribution < 1.29 is 4.74 Å². The maximum absolute atomic E-state index is 11.3. The lowest BCUT2D eigenvalue weighted by Gasteiger charge is -2.39. The van der Waals surface area contributed by atoms with Crippen molar-refractivity contribution >= 4 is 22.5 Å². The number of aryl methyl sites for hydroxylation is 1. The van der Waals surface area contributed by atoms with Crippen molar-refractivity contribution in [2.45, 2.75) is 25.4 Å². The number of pyridine rings is 1. The number of hydrogen-bond donors (Lipinski definition) is 1. The summed E-state index contributed by atoms with van der Waals surface area (Å²) >= 11 is 5.91. The van der Waals surface area contributed by atoms with Gasteiger partial charge in [0, 0.05) is 35.1 Å². The molecule has 1 saturated heterocycles. The average Bonchev–Trinajstić information content (AvgIpc) is 2.64. The lowest BCUT2D eigenvalue weighted by molar-refractivity contribution is 0.0192. The van der Waals surface area contributed by atoms with Crippen LogP contribution in [0, 0.1) is 0 Å². The molecule has 3 aromatic rings. The Morgan fingerprint density at radius 2 is 1.85 bits per heavy atom. The molecule has 27 heavy (non-hydrogen) atoms. The first kappa shape index (κ1) is 18.1. The summed E-state index contributed by atoms with van der Waals surface area (Å²) in [5.74, 6) is 0.863. The van der Waals surface area contributed by atoms with Crippen molar-refractivity contribution in [3.63, 3.8) is 0 Å². The fourth-order valence-corrected chi connectivity index (χ4v) is 3.62. The van der Waals surface area contributed by atoms with Gasteiger partial charge in [-0.05, 0) is 67.8 Å². The number of unbranched alkanes of at least 4 members (excludes halogenated alkanes) is 1. The maximum Gasteiger partial charge on any atom is 0.248 e. The summed E-state index contributed by atoms with van der Waals surface area (Å²) in [4.78, 5) is 16.6. The van der Waals surface area contributed by atoms with Crippen LogP contribution in [0.25, 0.3) is 10.9 Å². The number of halogens is 1. The van der Waals surface area contributed by atoms with E-state index < -0.39 is 0 Å². The van der Waals surface area contributed by atoms with E-state index in [0.29, 0.717) is 0 Å². The van der Waals surface area contributed by atoms with Gasteiger partial charge < -0.3 is 9.72 Å². The Morgan fingerprint density at radius 3 is 2.67 bits per heavy atom. The molecule has 1 aliphatic heterocycles. The topological polar surface area (TPSA) is 45.3 Å². The van der Waals surface area contributed by atoms with Crippen molar-refractivity contribution in [3.8, 4) is 5.75 Å². The molecule has 0 radical (unpaired) electrons. The molecular formula is C22H23ClN2O2. The molecule has 1 N–H and O–H groups in total. The Balaban J connectivity index is 1.18. The van der Waals surface area contributed by atoms with Crippen molar-refractivity contribution in [2.24, 2.45) is 0 Å². The number of aromatic nitrogens is 1. The minimum atomic E-state index is -0.0816. The molecule has 4 nitrogen and oxygen atoms in total. The SMILES string of the molecule is O=c1ccc2cc(OC3CN(CCCCc4ccc(Cl)cc4)C3)ccc2[nH]1. The van der Waals surface area contributed by atoms with Crippen LogP contribution in [-0.4, -0.2) is 35.6 Å². The number of aromatic amines is 1. The second-order valence-corrected chi connectivity index (χ2v) is 7.59. The molecule has 0 unspecified atom stereocenters. The first-order valence-electron chi connectivity index (χ1n) is 9.42. The van der Waals surface area contributed by atoms with Crippen LogP contribution in [0.5, 0.6) is 5.75 Å². The van der Waals surface area contributed by atoms with E-state index in [1.54, 1.807) is 6.07 Å². The molecule has 2 heterocycles. The number of H-pyrrole nitrogens is 1. The first-order valence-corrected chi connectivity index (χ1v) is 9.80. The Bertz CT molecular complexity index is 962. The lowest BCUT2D eigenvalue weighted by Crippen LogP contribution is -2.53. The van der Waals surface area contributed by atoms with Gasteiger partial charge in [0.05, 0.1) is 0 Å². The van der Waals surface area contributed by atoms with E-state index in [9.17, 15) is 4.79 Å². The number of fused-ring (bicyclic) bond motifs is 1. The van der Waals surface area contributed by atoms with E-state index >= 15 is 0 Å². The molecule has 5 heteroatoms. The van der Waals surface area contributed by atoms with Crippen LogP contribution >= 0.6 is 11.6 Å². The van der Waals surface area contributed by atoms with Crippen LogP contribution in [0.2, 0.25) is 5.02 Å². The number of hydrogen-bond acceptors (Lipinski definition) is 3. The van der Waals surface area contributed by atoms with Gasteiger partial charge in [0.25, 0.3) is 0 Å². The number of rotatable bonds is 7. The molecule has 1 fully saturated rings. The monoisotopic (exact) mass is 382 g/mol. The zero-order valence-electron chi connectivity index (χ0n) is 15.2. The number of benzene rings is 2. The average molecular weight is 383 g/mol. The van der Waals surface area contributed by atoms with Crippen LogP contribution in [0.4, 0.5) is 0 Å². The largest absolute Gasteiger partial charge is 0.488 e. The summed E-state index contributed by atoms with van der Waals surface area (Å²) in [5, 5.41) is 1.79. The predicted octanol–water partition coefficient (Wildman–Crippen LogP) is 4.27.